The molecule has 1 unspecified atom stereocenters. The van der Waals surface area contributed by atoms with Gasteiger partial charge in [0.2, 0.25) is 0 Å². The first kappa shape index (κ1) is 27.7. The zero-order valence-electron chi connectivity index (χ0n) is 24.0. The summed E-state index contributed by atoms with van der Waals surface area (Å²) in [4.78, 5) is 45.5. The van der Waals surface area contributed by atoms with Gasteiger partial charge < -0.3 is 20.6 Å². The van der Waals surface area contributed by atoms with Gasteiger partial charge >= 0.3 is 5.97 Å². The van der Waals surface area contributed by atoms with Crippen molar-refractivity contribution in [1.82, 2.24) is 25.2 Å². The van der Waals surface area contributed by atoms with Crippen LogP contribution >= 0.6 is 0 Å². The van der Waals surface area contributed by atoms with E-state index in [1.54, 1.807) is 25.3 Å². The molecule has 1 aliphatic heterocycles. The highest BCUT2D eigenvalue weighted by atomic mass is 16.4. The molecule has 10 heteroatoms. The van der Waals surface area contributed by atoms with Crippen molar-refractivity contribution >= 4 is 29.1 Å². The zero-order valence-corrected chi connectivity index (χ0v) is 24.0. The normalized spacial score (nSPS) is 23.6. The second kappa shape index (κ2) is 11.1. The molecule has 3 aliphatic rings. The topological polar surface area (TPSA) is 129 Å². The van der Waals surface area contributed by atoms with Crippen molar-refractivity contribution in [1.29, 1.82) is 0 Å². The lowest BCUT2D eigenvalue weighted by Crippen LogP contribution is -2.38. The van der Waals surface area contributed by atoms with Gasteiger partial charge in [-0.15, -0.1) is 0 Å². The number of piperidine rings is 1. The molecule has 0 spiro atoms. The number of anilines is 1. The molecule has 2 aromatic heterocycles. The summed E-state index contributed by atoms with van der Waals surface area (Å²) in [5.41, 5.74) is 3.96. The molecule has 0 saturated carbocycles. The number of benzene rings is 1. The fourth-order valence-electron chi connectivity index (χ4n) is 6.40. The summed E-state index contributed by atoms with van der Waals surface area (Å²) in [5, 5.41) is 20.1. The van der Waals surface area contributed by atoms with Crippen LogP contribution in [0.1, 0.15) is 72.5 Å². The molecular formula is C32H36N6O4. The van der Waals surface area contributed by atoms with E-state index >= 15 is 0 Å². The standard InChI is InChI=1S/C32H36N6O4/c1-20-23-9-10-25(24(23)11-13-32(20,2)31(41)42)36-30(40)27-18-26(35-28-12-14-34-38(27)28)29(39)33-19-21-7-6-8-22(17-21)37-15-4-3-5-16-37/h6-8,11-14,17-18,20,25H,3-5,9-10,15-16,19H2,1-2H3,(H,33,39)(H,36,40)(H,41,42)/t20-,25+,32?/m1/s1. The summed E-state index contributed by atoms with van der Waals surface area (Å²) >= 11 is 0. The number of aromatic nitrogens is 3. The molecule has 3 N–H and O–H groups in total. The van der Waals surface area contributed by atoms with E-state index < -0.39 is 11.4 Å². The van der Waals surface area contributed by atoms with Gasteiger partial charge in [-0.3, -0.25) is 14.4 Å². The maximum atomic E-state index is 13.6. The Kier molecular flexibility index (Phi) is 7.30. The van der Waals surface area contributed by atoms with E-state index in [0.29, 0.717) is 18.6 Å². The van der Waals surface area contributed by atoms with Crippen molar-refractivity contribution in [3.8, 4) is 0 Å². The number of aliphatic carboxylic acids is 1. The van der Waals surface area contributed by atoms with E-state index in [0.717, 1.165) is 36.2 Å². The molecule has 1 aromatic carbocycles. The van der Waals surface area contributed by atoms with Crippen LogP contribution in [0.4, 0.5) is 5.69 Å². The number of carboxylic acid groups (broad SMARTS) is 1. The Labute approximate surface area is 244 Å². The van der Waals surface area contributed by atoms with E-state index in [-0.39, 0.29) is 35.2 Å². The minimum absolute atomic E-state index is 0.134. The summed E-state index contributed by atoms with van der Waals surface area (Å²) in [7, 11) is 0. The number of fused-ring (bicyclic) bond motifs is 1. The maximum Gasteiger partial charge on any atom is 0.313 e. The summed E-state index contributed by atoms with van der Waals surface area (Å²) < 4.78 is 1.43. The lowest BCUT2D eigenvalue weighted by atomic mass is 9.70. The number of nitrogens with one attached hydrogen (secondary N) is 2. The minimum atomic E-state index is -0.971. The monoisotopic (exact) mass is 568 g/mol. The van der Waals surface area contributed by atoms with Crippen molar-refractivity contribution in [2.45, 2.75) is 58.5 Å². The highest BCUT2D eigenvalue weighted by Gasteiger charge is 2.44. The first-order valence-corrected chi connectivity index (χ1v) is 14.7. The third-order valence-corrected chi connectivity index (χ3v) is 9.16. The second-order valence-corrected chi connectivity index (χ2v) is 11.7. The largest absolute Gasteiger partial charge is 0.481 e. The molecule has 218 valence electrons. The second-order valence-electron chi connectivity index (χ2n) is 11.7. The summed E-state index contributed by atoms with van der Waals surface area (Å²) in [6.45, 7) is 6.10. The minimum Gasteiger partial charge on any atom is -0.481 e. The average molecular weight is 569 g/mol. The van der Waals surface area contributed by atoms with Gasteiger partial charge in [0.25, 0.3) is 11.8 Å². The Morgan fingerprint density at radius 2 is 1.90 bits per heavy atom. The van der Waals surface area contributed by atoms with Crippen LogP contribution in [0.3, 0.4) is 0 Å². The fourth-order valence-corrected chi connectivity index (χ4v) is 6.40. The summed E-state index contributed by atoms with van der Waals surface area (Å²) in [6.07, 6.45) is 10.2. The van der Waals surface area contributed by atoms with Crippen LogP contribution in [0.2, 0.25) is 0 Å². The molecule has 1 saturated heterocycles. The van der Waals surface area contributed by atoms with Gasteiger partial charge in [0.15, 0.2) is 5.65 Å². The van der Waals surface area contributed by atoms with Crippen molar-refractivity contribution in [2.24, 2.45) is 11.3 Å². The Morgan fingerprint density at radius 3 is 2.69 bits per heavy atom. The predicted molar refractivity (Wildman–Crippen MR) is 158 cm³/mol. The summed E-state index contributed by atoms with van der Waals surface area (Å²) in [6, 6.07) is 11.1. The molecule has 2 amide bonds. The molecule has 3 atom stereocenters. The van der Waals surface area contributed by atoms with Gasteiger partial charge in [-0.2, -0.15) is 5.10 Å². The van der Waals surface area contributed by atoms with Gasteiger partial charge in [-0.05, 0) is 68.2 Å². The van der Waals surface area contributed by atoms with Crippen LogP contribution in [-0.2, 0) is 11.3 Å². The van der Waals surface area contributed by atoms with Crippen LogP contribution in [0.5, 0.6) is 0 Å². The van der Waals surface area contributed by atoms with E-state index in [4.69, 9.17) is 0 Å². The highest BCUT2D eigenvalue weighted by molar-refractivity contribution is 5.98. The molecular weight excluding hydrogens is 532 g/mol. The third-order valence-electron chi connectivity index (χ3n) is 9.16. The number of rotatable bonds is 7. The number of hydrogen-bond donors (Lipinski definition) is 3. The first-order chi connectivity index (χ1) is 20.2. The lowest BCUT2D eigenvalue weighted by Gasteiger charge is -2.33. The van der Waals surface area contributed by atoms with Crippen molar-refractivity contribution in [3.05, 3.63) is 82.8 Å². The van der Waals surface area contributed by atoms with E-state index in [1.165, 1.54) is 35.5 Å². The van der Waals surface area contributed by atoms with Gasteiger partial charge in [0.1, 0.15) is 11.4 Å². The lowest BCUT2D eigenvalue weighted by molar-refractivity contribution is -0.147. The summed E-state index contributed by atoms with van der Waals surface area (Å²) in [5.74, 6) is -1.78. The molecule has 10 nitrogen and oxygen atoms in total. The molecule has 0 bridgehead atoms. The Bertz CT molecular complexity index is 1620. The zero-order chi connectivity index (χ0) is 29.4. The van der Waals surface area contributed by atoms with E-state index in [2.05, 4.69) is 37.7 Å². The highest BCUT2D eigenvalue weighted by Crippen LogP contribution is 2.46. The molecule has 1 fully saturated rings. The number of carbonyl (C=O) groups excluding carboxylic acids is 2. The molecule has 3 heterocycles. The maximum absolute atomic E-state index is 13.6. The van der Waals surface area contributed by atoms with Crippen molar-refractivity contribution in [2.75, 3.05) is 18.0 Å². The third kappa shape index (κ3) is 5.06. The van der Waals surface area contributed by atoms with Crippen LogP contribution in [0.15, 0.2) is 65.9 Å². The molecule has 42 heavy (non-hydrogen) atoms. The first-order valence-electron chi connectivity index (χ1n) is 14.7. The average Bonchev–Trinajstić information content (AvgIpc) is 3.65. The number of allylic oxidation sites excluding steroid dienone is 1. The number of nitrogens with zero attached hydrogens (tertiary/aromatic N) is 4. The Balaban J connectivity index is 1.18. The van der Waals surface area contributed by atoms with Crippen LogP contribution in [0.25, 0.3) is 5.65 Å². The van der Waals surface area contributed by atoms with E-state index in [9.17, 15) is 19.5 Å². The van der Waals surface area contributed by atoms with Gasteiger partial charge in [0.05, 0.1) is 17.7 Å². The molecule has 3 aromatic rings. The van der Waals surface area contributed by atoms with Gasteiger partial charge in [-0.25, -0.2) is 9.50 Å². The smallest absolute Gasteiger partial charge is 0.313 e. The SMILES string of the molecule is C[C@@H]1C2=C(C=CC1(C)C(=O)O)[C@@H](NC(=O)c1cc(C(=O)NCc3cccc(N4CCCCC4)c3)nc3ccnn13)CC2. The number of hydrogen-bond acceptors (Lipinski definition) is 6. The van der Waals surface area contributed by atoms with Crippen LogP contribution < -0.4 is 15.5 Å². The molecule has 2 aliphatic carbocycles. The number of amides is 2. The fraction of sp³-hybridized carbons (Fsp3) is 0.406. The van der Waals surface area contributed by atoms with Gasteiger partial charge in [0, 0.05) is 37.5 Å². The molecule has 6 rings (SSSR count). The predicted octanol–water partition coefficient (Wildman–Crippen LogP) is 4.14. The van der Waals surface area contributed by atoms with Crippen molar-refractivity contribution in [3.63, 3.8) is 0 Å². The Hall–Kier alpha value is -4.47. The Morgan fingerprint density at radius 1 is 1.10 bits per heavy atom. The van der Waals surface area contributed by atoms with Crippen LogP contribution in [0, 0.1) is 11.3 Å². The van der Waals surface area contributed by atoms with Gasteiger partial charge in [-0.1, -0.05) is 36.8 Å². The number of carboxylic acids is 1. The number of carbonyl (C=O) groups is 3. The van der Waals surface area contributed by atoms with Crippen LogP contribution in [-0.4, -0.2) is 56.6 Å². The van der Waals surface area contributed by atoms with Crippen molar-refractivity contribution < 1.29 is 19.5 Å². The quantitative estimate of drug-likeness (QED) is 0.391. The van der Waals surface area contributed by atoms with E-state index in [1.807, 2.05) is 25.1 Å². The molecule has 0 radical (unpaired) electrons.